The molecule has 2 N–H and O–H groups in total. The Labute approximate surface area is 131 Å². The van der Waals surface area contributed by atoms with Crippen LogP contribution in [0.2, 0.25) is 10.0 Å². The number of aryl methyl sites for hydroxylation is 1. The maximum atomic E-state index is 12.6. The zero-order valence-corrected chi connectivity index (χ0v) is 12.7. The summed E-state index contributed by atoms with van der Waals surface area (Å²) < 4.78 is 1.12. The van der Waals surface area contributed by atoms with E-state index in [-0.39, 0.29) is 11.5 Å². The molecule has 0 fully saturated rings. The van der Waals surface area contributed by atoms with E-state index in [2.05, 4.69) is 0 Å². The first-order valence-corrected chi connectivity index (χ1v) is 6.81. The predicted molar refractivity (Wildman–Crippen MR) is 84.7 cm³/mol. The SMILES string of the molecule is Cc1cc(Cl)ccc1C(=O)/C(=C\N)n1cc(Cl)ccc1=O. The fourth-order valence-electron chi connectivity index (χ4n) is 1.93. The maximum Gasteiger partial charge on any atom is 0.255 e. The molecule has 0 aliphatic heterocycles. The number of ketones is 1. The number of allylic oxidation sites excluding steroid dienone is 1. The maximum absolute atomic E-state index is 12.6. The third kappa shape index (κ3) is 3.17. The number of carbonyl (C=O) groups is 1. The molecule has 0 radical (unpaired) electrons. The zero-order chi connectivity index (χ0) is 15.6. The van der Waals surface area contributed by atoms with E-state index in [1.807, 2.05) is 0 Å². The molecule has 1 aromatic carbocycles. The Morgan fingerprint density at radius 2 is 1.86 bits per heavy atom. The Hall–Kier alpha value is -2.04. The molecule has 0 unspecified atom stereocenters. The molecule has 0 aliphatic carbocycles. The second-order valence-electron chi connectivity index (χ2n) is 4.40. The van der Waals surface area contributed by atoms with Crippen molar-refractivity contribution in [1.29, 1.82) is 0 Å². The van der Waals surface area contributed by atoms with Crippen LogP contribution >= 0.6 is 23.2 Å². The number of carbonyl (C=O) groups excluding carboxylic acids is 1. The molecule has 0 amide bonds. The number of pyridine rings is 1. The summed E-state index contributed by atoms with van der Waals surface area (Å²) in [5.41, 5.74) is 6.29. The van der Waals surface area contributed by atoms with Gasteiger partial charge < -0.3 is 5.73 Å². The number of nitrogens with two attached hydrogens (primary N) is 1. The highest BCUT2D eigenvalue weighted by Gasteiger charge is 2.17. The largest absolute Gasteiger partial charge is 0.403 e. The number of nitrogens with zero attached hydrogens (tertiary/aromatic N) is 1. The van der Waals surface area contributed by atoms with Crippen molar-refractivity contribution < 1.29 is 4.79 Å². The van der Waals surface area contributed by atoms with Crippen LogP contribution in [0, 0.1) is 6.92 Å². The summed E-state index contributed by atoms with van der Waals surface area (Å²) in [5.74, 6) is -0.379. The molecule has 0 aliphatic rings. The van der Waals surface area contributed by atoms with Crippen LogP contribution in [0.3, 0.4) is 0 Å². The lowest BCUT2D eigenvalue weighted by Gasteiger charge is -2.11. The number of halogens is 2. The summed E-state index contributed by atoms with van der Waals surface area (Å²) in [6.45, 7) is 1.76. The first kappa shape index (κ1) is 15.4. The van der Waals surface area contributed by atoms with Crippen LogP contribution in [-0.4, -0.2) is 10.4 Å². The Morgan fingerprint density at radius 1 is 1.19 bits per heavy atom. The van der Waals surface area contributed by atoms with Crippen LogP contribution in [0.15, 0.2) is 47.5 Å². The third-order valence-corrected chi connectivity index (χ3v) is 3.42. The Morgan fingerprint density at radius 3 is 2.48 bits per heavy atom. The van der Waals surface area contributed by atoms with Crippen LogP contribution < -0.4 is 11.3 Å². The molecule has 1 aromatic heterocycles. The quantitative estimate of drug-likeness (QED) is 0.697. The molecule has 0 spiro atoms. The average Bonchev–Trinajstić information content (AvgIpc) is 2.43. The van der Waals surface area contributed by atoms with E-state index in [0.717, 1.165) is 10.8 Å². The van der Waals surface area contributed by atoms with Gasteiger partial charge in [-0.25, -0.2) is 0 Å². The van der Waals surface area contributed by atoms with Gasteiger partial charge in [-0.1, -0.05) is 23.2 Å². The second kappa shape index (κ2) is 6.16. The highest BCUT2D eigenvalue weighted by Crippen LogP contribution is 2.20. The van der Waals surface area contributed by atoms with Crippen molar-refractivity contribution in [2.75, 3.05) is 0 Å². The highest BCUT2D eigenvalue weighted by molar-refractivity contribution is 6.31. The fourth-order valence-corrected chi connectivity index (χ4v) is 2.32. The van der Waals surface area contributed by atoms with Crippen LogP contribution in [0.25, 0.3) is 5.70 Å². The van der Waals surface area contributed by atoms with Gasteiger partial charge in [0.25, 0.3) is 5.56 Å². The Kier molecular flexibility index (Phi) is 4.50. The van der Waals surface area contributed by atoms with Gasteiger partial charge in [-0.15, -0.1) is 0 Å². The molecule has 2 aromatic rings. The lowest BCUT2D eigenvalue weighted by atomic mass is 10.0. The summed E-state index contributed by atoms with van der Waals surface area (Å²) in [6, 6.07) is 7.60. The van der Waals surface area contributed by atoms with Gasteiger partial charge >= 0.3 is 0 Å². The van der Waals surface area contributed by atoms with Crippen LogP contribution in [-0.2, 0) is 0 Å². The summed E-state index contributed by atoms with van der Waals surface area (Å²) in [7, 11) is 0. The lowest BCUT2D eigenvalue weighted by molar-refractivity contribution is 0.105. The van der Waals surface area contributed by atoms with E-state index in [9.17, 15) is 9.59 Å². The number of hydrogen-bond donors (Lipinski definition) is 1. The fraction of sp³-hybridized carbons (Fsp3) is 0.0667. The molecule has 6 heteroatoms. The van der Waals surface area contributed by atoms with Crippen LogP contribution in [0.4, 0.5) is 0 Å². The number of rotatable bonds is 3. The van der Waals surface area contributed by atoms with Crippen LogP contribution in [0.5, 0.6) is 0 Å². The Balaban J connectivity index is 2.54. The first-order valence-electron chi connectivity index (χ1n) is 6.05. The molecule has 108 valence electrons. The summed E-state index contributed by atoms with van der Waals surface area (Å²) >= 11 is 11.7. The Bertz CT molecular complexity index is 795. The van der Waals surface area contributed by atoms with Crippen molar-refractivity contribution in [3.8, 4) is 0 Å². The van der Waals surface area contributed by atoms with Gasteiger partial charge in [0.15, 0.2) is 0 Å². The van der Waals surface area contributed by atoms with Gasteiger partial charge in [0.1, 0.15) is 5.70 Å². The summed E-state index contributed by atoms with van der Waals surface area (Å²) in [6.07, 6.45) is 2.44. The first-order chi connectivity index (χ1) is 9.93. The van der Waals surface area contributed by atoms with Gasteiger partial charge in [0.2, 0.25) is 5.78 Å². The van der Waals surface area contributed by atoms with Gasteiger partial charge in [-0.3, -0.25) is 14.2 Å². The minimum atomic E-state index is -0.393. The lowest BCUT2D eigenvalue weighted by Crippen LogP contribution is -2.23. The highest BCUT2D eigenvalue weighted by atomic mass is 35.5. The number of benzene rings is 1. The second-order valence-corrected chi connectivity index (χ2v) is 5.27. The van der Waals surface area contributed by atoms with E-state index >= 15 is 0 Å². The number of Topliss-reactive ketones (excluding diaryl/α,β-unsaturated/α-hetero) is 1. The van der Waals surface area contributed by atoms with Gasteiger partial charge in [0, 0.05) is 29.0 Å². The van der Waals surface area contributed by atoms with E-state index in [0.29, 0.717) is 21.2 Å². The van der Waals surface area contributed by atoms with Crippen molar-refractivity contribution in [2.45, 2.75) is 6.92 Å². The molecular formula is C15H12Cl2N2O2. The summed E-state index contributed by atoms with van der Waals surface area (Å²) in [4.78, 5) is 24.5. The predicted octanol–water partition coefficient (Wildman–Crippen LogP) is 3.10. The standard InChI is InChI=1S/C15H12Cl2N2O2/c1-9-6-10(16)2-4-12(9)15(21)13(7-18)19-8-11(17)3-5-14(19)20/h2-8H,18H2,1H3/b13-7+. The molecule has 0 saturated carbocycles. The molecule has 1 heterocycles. The van der Waals surface area contributed by atoms with Crippen molar-refractivity contribution in [2.24, 2.45) is 5.73 Å². The van der Waals surface area contributed by atoms with Crippen molar-refractivity contribution >= 4 is 34.7 Å². The molecular weight excluding hydrogens is 311 g/mol. The van der Waals surface area contributed by atoms with Gasteiger partial charge in [-0.05, 0) is 36.8 Å². The van der Waals surface area contributed by atoms with Crippen molar-refractivity contribution in [3.63, 3.8) is 0 Å². The summed E-state index contributed by atoms with van der Waals surface area (Å²) in [5, 5.41) is 0.858. The minimum Gasteiger partial charge on any atom is -0.403 e. The smallest absolute Gasteiger partial charge is 0.255 e. The van der Waals surface area contributed by atoms with Gasteiger partial charge in [-0.2, -0.15) is 0 Å². The number of aromatic nitrogens is 1. The molecule has 21 heavy (non-hydrogen) atoms. The third-order valence-electron chi connectivity index (χ3n) is 2.96. The van der Waals surface area contributed by atoms with E-state index in [4.69, 9.17) is 28.9 Å². The topological polar surface area (TPSA) is 65.1 Å². The van der Waals surface area contributed by atoms with Gasteiger partial charge in [0.05, 0.1) is 5.02 Å². The van der Waals surface area contributed by atoms with Crippen molar-refractivity contribution in [3.05, 3.63) is 74.3 Å². The normalized spacial score (nSPS) is 11.5. The monoisotopic (exact) mass is 322 g/mol. The molecule has 0 bridgehead atoms. The average molecular weight is 323 g/mol. The molecule has 0 saturated heterocycles. The molecule has 2 rings (SSSR count). The van der Waals surface area contributed by atoms with Crippen molar-refractivity contribution in [1.82, 2.24) is 4.57 Å². The van der Waals surface area contributed by atoms with E-state index < -0.39 is 5.56 Å². The van der Waals surface area contributed by atoms with Crippen LogP contribution in [0.1, 0.15) is 15.9 Å². The van der Waals surface area contributed by atoms with E-state index in [1.165, 1.54) is 18.3 Å². The molecule has 4 nitrogen and oxygen atoms in total. The minimum absolute atomic E-state index is 0.0351. The molecule has 0 atom stereocenters. The number of hydrogen-bond acceptors (Lipinski definition) is 3. The van der Waals surface area contributed by atoms with E-state index in [1.54, 1.807) is 25.1 Å². The zero-order valence-electron chi connectivity index (χ0n) is 11.1.